The van der Waals surface area contributed by atoms with Crippen LogP contribution in [0.4, 0.5) is 0 Å². The van der Waals surface area contributed by atoms with Crippen LogP contribution in [0.5, 0.6) is 0 Å². The zero-order chi connectivity index (χ0) is 11.5. The van der Waals surface area contributed by atoms with Crippen LogP contribution in [0, 0.1) is 6.92 Å². The van der Waals surface area contributed by atoms with Crippen molar-refractivity contribution >= 4 is 17.3 Å². The van der Waals surface area contributed by atoms with E-state index in [0.29, 0.717) is 5.01 Å². The molecule has 0 aliphatic carbocycles. The summed E-state index contributed by atoms with van der Waals surface area (Å²) in [5.41, 5.74) is 1.89. The van der Waals surface area contributed by atoms with Gasteiger partial charge in [-0.05, 0) is 12.5 Å². The Morgan fingerprint density at radius 3 is 2.56 bits per heavy atom. The first-order chi connectivity index (χ1) is 7.68. The van der Waals surface area contributed by atoms with Crippen LogP contribution in [0.2, 0.25) is 0 Å². The van der Waals surface area contributed by atoms with Gasteiger partial charge in [-0.2, -0.15) is 0 Å². The Bertz CT molecular complexity index is 476. The van der Waals surface area contributed by atoms with Crippen molar-refractivity contribution in [2.75, 3.05) is 0 Å². The van der Waals surface area contributed by atoms with Crippen LogP contribution < -0.4 is 0 Å². The Hall–Kier alpha value is -1.68. The Kier molecular flexibility index (Phi) is 3.01. The van der Waals surface area contributed by atoms with Crippen molar-refractivity contribution in [2.45, 2.75) is 12.8 Å². The van der Waals surface area contributed by atoms with Crippen molar-refractivity contribution in [3.8, 4) is 0 Å². The fraction of sp³-hybridized carbons (Fsp3) is 0.167. The highest BCUT2D eigenvalue weighted by Gasteiger charge is 2.24. The second-order valence-corrected chi connectivity index (χ2v) is 4.48. The fourth-order valence-electron chi connectivity index (χ4n) is 1.53. The predicted octanol–water partition coefficient (Wildman–Crippen LogP) is 2.67. The number of hydrogen-bond acceptors (Lipinski definition) is 3. The van der Waals surface area contributed by atoms with E-state index >= 15 is 0 Å². The molecule has 0 radical (unpaired) electrons. The number of thiazole rings is 1. The van der Waals surface area contributed by atoms with E-state index in [1.54, 1.807) is 11.6 Å². The smallest absolute Gasteiger partial charge is 0.317 e. The van der Waals surface area contributed by atoms with Crippen LogP contribution in [-0.2, 0) is 4.79 Å². The standard InChI is InChI=1S/C12H11NO2S/c1-8-2-4-9(5-3-8)10(12(14)15)11-13-6-7-16-11/h2-7,10H,1H3,(H,14,15). The van der Waals surface area contributed by atoms with Gasteiger partial charge in [0.1, 0.15) is 10.9 Å². The maximum absolute atomic E-state index is 11.2. The number of nitrogens with zero attached hydrogens (tertiary/aromatic N) is 1. The van der Waals surface area contributed by atoms with E-state index in [9.17, 15) is 9.90 Å². The van der Waals surface area contributed by atoms with Gasteiger partial charge in [-0.15, -0.1) is 11.3 Å². The van der Waals surface area contributed by atoms with Crippen LogP contribution in [0.3, 0.4) is 0 Å². The first-order valence-corrected chi connectivity index (χ1v) is 5.75. The summed E-state index contributed by atoms with van der Waals surface area (Å²) in [6.07, 6.45) is 1.63. The zero-order valence-corrected chi connectivity index (χ0v) is 9.57. The number of aliphatic carboxylic acids is 1. The Morgan fingerprint density at radius 1 is 1.38 bits per heavy atom. The molecular formula is C12H11NO2S. The lowest BCUT2D eigenvalue weighted by Gasteiger charge is -2.09. The van der Waals surface area contributed by atoms with Gasteiger partial charge in [-0.1, -0.05) is 29.8 Å². The molecule has 0 aliphatic rings. The lowest BCUT2D eigenvalue weighted by molar-refractivity contribution is -0.137. The third kappa shape index (κ3) is 2.12. The molecule has 16 heavy (non-hydrogen) atoms. The molecule has 4 heteroatoms. The molecule has 82 valence electrons. The van der Waals surface area contributed by atoms with Crippen molar-refractivity contribution in [2.24, 2.45) is 0 Å². The molecule has 0 bridgehead atoms. The van der Waals surface area contributed by atoms with Crippen molar-refractivity contribution in [1.82, 2.24) is 4.98 Å². The van der Waals surface area contributed by atoms with E-state index in [1.165, 1.54) is 11.3 Å². The Labute approximate surface area is 97.4 Å². The van der Waals surface area contributed by atoms with Gasteiger partial charge in [-0.25, -0.2) is 4.98 Å². The average molecular weight is 233 g/mol. The molecule has 0 spiro atoms. The van der Waals surface area contributed by atoms with Crippen molar-refractivity contribution < 1.29 is 9.90 Å². The summed E-state index contributed by atoms with van der Waals surface area (Å²) in [6.45, 7) is 1.98. The SMILES string of the molecule is Cc1ccc(C(C(=O)O)c2nccs2)cc1. The number of rotatable bonds is 3. The van der Waals surface area contributed by atoms with Gasteiger partial charge in [0.05, 0.1) is 0 Å². The lowest BCUT2D eigenvalue weighted by atomic mass is 9.99. The van der Waals surface area contributed by atoms with E-state index in [1.807, 2.05) is 31.2 Å². The van der Waals surface area contributed by atoms with Gasteiger partial charge in [0.15, 0.2) is 0 Å². The number of benzene rings is 1. The third-order valence-corrected chi connectivity index (χ3v) is 3.20. The van der Waals surface area contributed by atoms with Crippen molar-refractivity contribution in [3.63, 3.8) is 0 Å². The summed E-state index contributed by atoms with van der Waals surface area (Å²) < 4.78 is 0. The van der Waals surface area contributed by atoms with Gasteiger partial charge in [0, 0.05) is 11.6 Å². The molecule has 0 amide bonds. The fourth-order valence-corrected chi connectivity index (χ4v) is 2.28. The number of carboxylic acid groups (broad SMARTS) is 1. The number of carbonyl (C=O) groups is 1. The second-order valence-electron chi connectivity index (χ2n) is 3.55. The quantitative estimate of drug-likeness (QED) is 0.886. The molecule has 0 fully saturated rings. The summed E-state index contributed by atoms with van der Waals surface area (Å²) in [4.78, 5) is 15.3. The van der Waals surface area contributed by atoms with Crippen molar-refractivity contribution in [3.05, 3.63) is 52.0 Å². The largest absolute Gasteiger partial charge is 0.480 e. The molecule has 0 saturated carbocycles. The third-order valence-electron chi connectivity index (χ3n) is 2.36. The van der Waals surface area contributed by atoms with Crippen LogP contribution in [0.15, 0.2) is 35.8 Å². The molecule has 1 N–H and O–H groups in total. The monoisotopic (exact) mass is 233 g/mol. The minimum absolute atomic E-state index is 0.622. The molecule has 1 unspecified atom stereocenters. The predicted molar refractivity (Wildman–Crippen MR) is 62.8 cm³/mol. The van der Waals surface area contributed by atoms with Gasteiger partial charge < -0.3 is 5.11 Å². The van der Waals surface area contributed by atoms with E-state index in [4.69, 9.17) is 0 Å². The Balaban J connectivity index is 2.41. The van der Waals surface area contributed by atoms with Crippen molar-refractivity contribution in [1.29, 1.82) is 0 Å². The zero-order valence-electron chi connectivity index (χ0n) is 8.75. The van der Waals surface area contributed by atoms with E-state index < -0.39 is 11.9 Å². The van der Waals surface area contributed by atoms with E-state index in [2.05, 4.69) is 4.98 Å². The van der Waals surface area contributed by atoms with Gasteiger partial charge >= 0.3 is 5.97 Å². The van der Waals surface area contributed by atoms with Gasteiger partial charge in [-0.3, -0.25) is 4.79 Å². The number of hydrogen-bond donors (Lipinski definition) is 1. The molecule has 2 aromatic rings. The molecule has 2 rings (SSSR count). The summed E-state index contributed by atoms with van der Waals surface area (Å²) in [7, 11) is 0. The highest BCUT2D eigenvalue weighted by molar-refractivity contribution is 7.09. The molecule has 1 atom stereocenters. The summed E-state index contributed by atoms with van der Waals surface area (Å²) in [5.74, 6) is -1.51. The number of aryl methyl sites for hydroxylation is 1. The molecule has 3 nitrogen and oxygen atoms in total. The molecule has 0 aliphatic heterocycles. The minimum Gasteiger partial charge on any atom is -0.480 e. The first kappa shape index (κ1) is 10.8. The molecule has 1 aromatic carbocycles. The molecule has 0 saturated heterocycles. The molecule has 1 aromatic heterocycles. The maximum atomic E-state index is 11.2. The minimum atomic E-state index is -0.862. The topological polar surface area (TPSA) is 50.2 Å². The molecule has 1 heterocycles. The van der Waals surface area contributed by atoms with Crippen LogP contribution in [0.1, 0.15) is 22.1 Å². The van der Waals surface area contributed by atoms with Gasteiger partial charge in [0.25, 0.3) is 0 Å². The average Bonchev–Trinajstić information content (AvgIpc) is 2.74. The summed E-state index contributed by atoms with van der Waals surface area (Å²) >= 11 is 1.37. The summed E-state index contributed by atoms with van der Waals surface area (Å²) in [6, 6.07) is 7.52. The number of aromatic nitrogens is 1. The normalized spacial score (nSPS) is 12.3. The second kappa shape index (κ2) is 4.45. The lowest BCUT2D eigenvalue weighted by Crippen LogP contribution is -2.12. The van der Waals surface area contributed by atoms with E-state index in [0.717, 1.165) is 11.1 Å². The van der Waals surface area contributed by atoms with Gasteiger partial charge in [0.2, 0.25) is 0 Å². The highest BCUT2D eigenvalue weighted by atomic mass is 32.1. The van der Waals surface area contributed by atoms with Crippen LogP contribution in [0.25, 0.3) is 0 Å². The maximum Gasteiger partial charge on any atom is 0.317 e. The van der Waals surface area contributed by atoms with Crippen LogP contribution >= 0.6 is 11.3 Å². The highest BCUT2D eigenvalue weighted by Crippen LogP contribution is 2.26. The summed E-state index contributed by atoms with van der Waals surface area (Å²) in [5, 5.41) is 11.6. The molecular weight excluding hydrogens is 222 g/mol. The first-order valence-electron chi connectivity index (χ1n) is 4.87. The van der Waals surface area contributed by atoms with E-state index in [-0.39, 0.29) is 0 Å². The Morgan fingerprint density at radius 2 is 2.06 bits per heavy atom. The number of carboxylic acids is 1. The van der Waals surface area contributed by atoms with Crippen LogP contribution in [-0.4, -0.2) is 16.1 Å².